The molecule has 4 heteroatoms. The maximum absolute atomic E-state index is 11.6. The van der Waals surface area contributed by atoms with Crippen LogP contribution < -0.4 is 10.6 Å². The summed E-state index contributed by atoms with van der Waals surface area (Å²) in [6, 6.07) is 8.20. The van der Waals surface area contributed by atoms with Gasteiger partial charge in [-0.1, -0.05) is 48.8 Å². The van der Waals surface area contributed by atoms with Gasteiger partial charge >= 0.3 is 0 Å². The second-order valence-corrected chi connectivity index (χ2v) is 5.87. The lowest BCUT2D eigenvalue weighted by Crippen LogP contribution is -2.40. The number of hydrogen-bond donors (Lipinski definition) is 2. The molecule has 0 radical (unpaired) electrons. The van der Waals surface area contributed by atoms with Crippen LogP contribution in [0.15, 0.2) is 28.7 Å². The average molecular weight is 313 g/mol. The number of carbonyl (C=O) groups excluding carboxylic acids is 1. The van der Waals surface area contributed by atoms with Crippen molar-refractivity contribution in [3.63, 3.8) is 0 Å². The Kier molecular flexibility index (Phi) is 5.82. The number of amides is 1. The van der Waals surface area contributed by atoms with Crippen LogP contribution in [0.3, 0.4) is 0 Å². The molecular weight excluding hydrogens is 292 g/mol. The van der Waals surface area contributed by atoms with Crippen molar-refractivity contribution in [2.24, 2.45) is 0 Å². The van der Waals surface area contributed by atoms with E-state index in [4.69, 9.17) is 0 Å². The summed E-state index contributed by atoms with van der Waals surface area (Å²) in [5.74, 6) is 0.0416. The molecule has 0 aromatic heterocycles. The van der Waals surface area contributed by atoms with E-state index < -0.39 is 0 Å². The first-order valence-electron chi connectivity index (χ1n) is 6.19. The van der Waals surface area contributed by atoms with Crippen molar-refractivity contribution >= 4 is 21.8 Å². The molecule has 0 aliphatic rings. The van der Waals surface area contributed by atoms with E-state index in [1.54, 1.807) is 0 Å². The van der Waals surface area contributed by atoms with Gasteiger partial charge in [0, 0.05) is 16.4 Å². The standard InChI is InChI=1S/C14H21BrN2O/c1-4-16-9-13(18)17-10-14(2,3)11-6-5-7-12(15)8-11/h5-8,16H,4,9-10H2,1-3H3,(H,17,18). The molecule has 0 aliphatic heterocycles. The molecule has 0 atom stereocenters. The van der Waals surface area contributed by atoms with Crippen LogP contribution in [0.5, 0.6) is 0 Å². The Morgan fingerprint density at radius 3 is 2.72 bits per heavy atom. The number of likely N-dealkylation sites (N-methyl/N-ethyl adjacent to an activating group) is 1. The van der Waals surface area contributed by atoms with Gasteiger partial charge in [-0.2, -0.15) is 0 Å². The smallest absolute Gasteiger partial charge is 0.233 e. The minimum absolute atomic E-state index is 0.0416. The van der Waals surface area contributed by atoms with Gasteiger partial charge in [-0.15, -0.1) is 0 Å². The first-order valence-corrected chi connectivity index (χ1v) is 6.98. The summed E-state index contributed by atoms with van der Waals surface area (Å²) < 4.78 is 1.06. The van der Waals surface area contributed by atoms with Crippen molar-refractivity contribution < 1.29 is 4.79 Å². The van der Waals surface area contributed by atoms with Crippen molar-refractivity contribution in [2.75, 3.05) is 19.6 Å². The fraction of sp³-hybridized carbons (Fsp3) is 0.500. The van der Waals surface area contributed by atoms with Crippen LogP contribution in [0, 0.1) is 0 Å². The van der Waals surface area contributed by atoms with Gasteiger partial charge in [0.25, 0.3) is 0 Å². The minimum atomic E-state index is -0.0777. The lowest BCUT2D eigenvalue weighted by atomic mass is 9.84. The van der Waals surface area contributed by atoms with Crippen LogP contribution in [-0.4, -0.2) is 25.5 Å². The highest BCUT2D eigenvalue weighted by Crippen LogP contribution is 2.24. The lowest BCUT2D eigenvalue weighted by Gasteiger charge is -2.26. The molecule has 18 heavy (non-hydrogen) atoms. The van der Waals surface area contributed by atoms with E-state index in [0.29, 0.717) is 13.1 Å². The second-order valence-electron chi connectivity index (χ2n) is 4.95. The zero-order valence-electron chi connectivity index (χ0n) is 11.2. The van der Waals surface area contributed by atoms with Crippen LogP contribution in [0.1, 0.15) is 26.3 Å². The number of benzene rings is 1. The molecule has 0 unspecified atom stereocenters. The van der Waals surface area contributed by atoms with Gasteiger partial charge in [-0.3, -0.25) is 4.79 Å². The normalized spacial score (nSPS) is 11.3. The molecule has 0 heterocycles. The molecule has 1 aromatic carbocycles. The lowest BCUT2D eigenvalue weighted by molar-refractivity contribution is -0.120. The SMILES string of the molecule is CCNCC(=O)NCC(C)(C)c1cccc(Br)c1. The van der Waals surface area contributed by atoms with E-state index in [-0.39, 0.29) is 11.3 Å². The van der Waals surface area contributed by atoms with E-state index >= 15 is 0 Å². The molecule has 0 fully saturated rings. The van der Waals surface area contributed by atoms with E-state index in [1.165, 1.54) is 5.56 Å². The molecule has 0 saturated carbocycles. The Hall–Kier alpha value is -0.870. The van der Waals surface area contributed by atoms with Crippen LogP contribution in [0.4, 0.5) is 0 Å². The minimum Gasteiger partial charge on any atom is -0.354 e. The summed E-state index contributed by atoms with van der Waals surface area (Å²) in [6.07, 6.45) is 0. The van der Waals surface area contributed by atoms with E-state index in [1.807, 2.05) is 19.1 Å². The number of rotatable bonds is 6. The zero-order valence-corrected chi connectivity index (χ0v) is 12.8. The summed E-state index contributed by atoms with van der Waals surface area (Å²) in [4.78, 5) is 11.6. The highest BCUT2D eigenvalue weighted by molar-refractivity contribution is 9.10. The quantitative estimate of drug-likeness (QED) is 0.847. The second kappa shape index (κ2) is 6.90. The Balaban J connectivity index is 2.57. The third kappa shape index (κ3) is 4.78. The number of carbonyl (C=O) groups is 1. The molecule has 0 saturated heterocycles. The fourth-order valence-corrected chi connectivity index (χ4v) is 2.03. The Bertz CT molecular complexity index is 405. The van der Waals surface area contributed by atoms with Crippen molar-refractivity contribution in [1.82, 2.24) is 10.6 Å². The Labute approximate surface area is 117 Å². The third-order valence-electron chi connectivity index (χ3n) is 2.87. The molecule has 3 nitrogen and oxygen atoms in total. The molecule has 100 valence electrons. The molecular formula is C14H21BrN2O. The maximum atomic E-state index is 11.6. The van der Waals surface area contributed by atoms with Gasteiger partial charge in [0.15, 0.2) is 0 Å². The molecule has 0 spiro atoms. The summed E-state index contributed by atoms with van der Waals surface area (Å²) in [7, 11) is 0. The van der Waals surface area contributed by atoms with Gasteiger partial charge < -0.3 is 10.6 Å². The first-order chi connectivity index (χ1) is 8.45. The molecule has 0 aliphatic carbocycles. The predicted molar refractivity (Wildman–Crippen MR) is 78.7 cm³/mol. The van der Waals surface area contributed by atoms with Crippen molar-refractivity contribution in [1.29, 1.82) is 0 Å². The van der Waals surface area contributed by atoms with Crippen LogP contribution in [-0.2, 0) is 10.2 Å². The summed E-state index contributed by atoms with van der Waals surface area (Å²) in [5.41, 5.74) is 1.13. The monoisotopic (exact) mass is 312 g/mol. The van der Waals surface area contributed by atoms with Crippen LogP contribution >= 0.6 is 15.9 Å². The van der Waals surface area contributed by atoms with E-state index in [0.717, 1.165) is 11.0 Å². The largest absolute Gasteiger partial charge is 0.354 e. The van der Waals surface area contributed by atoms with Crippen molar-refractivity contribution in [3.05, 3.63) is 34.3 Å². The van der Waals surface area contributed by atoms with Crippen molar-refractivity contribution in [2.45, 2.75) is 26.2 Å². The molecule has 1 aromatic rings. The average Bonchev–Trinajstić information content (AvgIpc) is 2.34. The van der Waals surface area contributed by atoms with Crippen LogP contribution in [0.25, 0.3) is 0 Å². The van der Waals surface area contributed by atoms with E-state index in [9.17, 15) is 4.79 Å². The Morgan fingerprint density at radius 2 is 2.11 bits per heavy atom. The van der Waals surface area contributed by atoms with E-state index in [2.05, 4.69) is 52.5 Å². The van der Waals surface area contributed by atoms with Gasteiger partial charge in [-0.05, 0) is 24.2 Å². The summed E-state index contributed by atoms with van der Waals surface area (Å²) in [6.45, 7) is 8.06. The Morgan fingerprint density at radius 1 is 1.39 bits per heavy atom. The highest BCUT2D eigenvalue weighted by atomic mass is 79.9. The predicted octanol–water partition coefficient (Wildman–Crippen LogP) is 2.45. The first kappa shape index (κ1) is 15.2. The summed E-state index contributed by atoms with van der Waals surface area (Å²) in [5, 5.41) is 5.97. The number of halogens is 1. The summed E-state index contributed by atoms with van der Waals surface area (Å²) >= 11 is 3.47. The van der Waals surface area contributed by atoms with Crippen LogP contribution in [0.2, 0.25) is 0 Å². The number of nitrogens with one attached hydrogen (secondary N) is 2. The van der Waals surface area contributed by atoms with Gasteiger partial charge in [-0.25, -0.2) is 0 Å². The molecule has 0 bridgehead atoms. The van der Waals surface area contributed by atoms with Gasteiger partial charge in [0.05, 0.1) is 6.54 Å². The van der Waals surface area contributed by atoms with Gasteiger partial charge in [0.1, 0.15) is 0 Å². The van der Waals surface area contributed by atoms with Crippen molar-refractivity contribution in [3.8, 4) is 0 Å². The van der Waals surface area contributed by atoms with Gasteiger partial charge in [0.2, 0.25) is 5.91 Å². The molecule has 1 amide bonds. The molecule has 2 N–H and O–H groups in total. The topological polar surface area (TPSA) is 41.1 Å². The number of hydrogen-bond acceptors (Lipinski definition) is 2. The molecule has 1 rings (SSSR count). The third-order valence-corrected chi connectivity index (χ3v) is 3.36. The maximum Gasteiger partial charge on any atom is 0.233 e. The fourth-order valence-electron chi connectivity index (χ4n) is 1.63. The highest BCUT2D eigenvalue weighted by Gasteiger charge is 2.21. The zero-order chi connectivity index (χ0) is 13.6.